The lowest BCUT2D eigenvalue weighted by Gasteiger charge is -2.34. The summed E-state index contributed by atoms with van der Waals surface area (Å²) in [5.41, 5.74) is 0. The summed E-state index contributed by atoms with van der Waals surface area (Å²) >= 11 is 1.41. The summed E-state index contributed by atoms with van der Waals surface area (Å²) in [5, 5.41) is 4.68. The van der Waals surface area contributed by atoms with Crippen LogP contribution in [0.3, 0.4) is 0 Å². The van der Waals surface area contributed by atoms with E-state index in [4.69, 9.17) is 0 Å². The molecule has 1 saturated heterocycles. The van der Waals surface area contributed by atoms with Crippen molar-refractivity contribution in [1.29, 1.82) is 0 Å². The van der Waals surface area contributed by atoms with E-state index in [0.29, 0.717) is 17.8 Å². The van der Waals surface area contributed by atoms with Gasteiger partial charge in [-0.25, -0.2) is 0 Å². The number of hydrogen-bond acceptors (Lipinski definition) is 4. The van der Waals surface area contributed by atoms with Crippen molar-refractivity contribution in [2.45, 2.75) is 25.3 Å². The Hall–Kier alpha value is -1.40. The van der Waals surface area contributed by atoms with Crippen LogP contribution in [0.25, 0.3) is 0 Å². The van der Waals surface area contributed by atoms with E-state index in [1.165, 1.54) is 24.2 Å². The van der Waals surface area contributed by atoms with Gasteiger partial charge in [-0.2, -0.15) is 0 Å². The molecular formula is C15H21N3O2S. The first-order chi connectivity index (χ1) is 10.2. The van der Waals surface area contributed by atoms with Crippen LogP contribution in [0.4, 0.5) is 0 Å². The van der Waals surface area contributed by atoms with E-state index in [-0.39, 0.29) is 11.8 Å². The molecule has 2 heterocycles. The van der Waals surface area contributed by atoms with Crippen LogP contribution in [-0.2, 0) is 4.79 Å². The van der Waals surface area contributed by atoms with Crippen molar-refractivity contribution >= 4 is 23.2 Å². The molecule has 0 bridgehead atoms. The van der Waals surface area contributed by atoms with Gasteiger partial charge in [0.15, 0.2) is 0 Å². The monoisotopic (exact) mass is 307 g/mol. The van der Waals surface area contributed by atoms with E-state index in [9.17, 15) is 9.59 Å². The highest BCUT2D eigenvalue weighted by Gasteiger charge is 2.32. The standard InChI is InChI=1S/C15H21N3O2S/c19-14(5-6-16-15(20)13-2-1-11-21-13)18-9-7-17(8-10-18)12-3-4-12/h1-2,11-12H,3-10H2,(H,16,20). The third-order valence-corrected chi connectivity index (χ3v) is 4.97. The Morgan fingerprint density at radius 3 is 2.62 bits per heavy atom. The Kier molecular flexibility index (Phi) is 4.55. The number of thiophene rings is 1. The number of hydrogen-bond donors (Lipinski definition) is 1. The van der Waals surface area contributed by atoms with Crippen LogP contribution in [0.15, 0.2) is 17.5 Å². The molecule has 114 valence electrons. The van der Waals surface area contributed by atoms with Crippen molar-refractivity contribution in [3.05, 3.63) is 22.4 Å². The van der Waals surface area contributed by atoms with Crippen LogP contribution in [0.1, 0.15) is 28.9 Å². The maximum Gasteiger partial charge on any atom is 0.261 e. The summed E-state index contributed by atoms with van der Waals surface area (Å²) in [6.07, 6.45) is 3.03. The van der Waals surface area contributed by atoms with Gasteiger partial charge in [0, 0.05) is 45.2 Å². The molecule has 5 nitrogen and oxygen atoms in total. The second-order valence-corrected chi connectivity index (χ2v) is 6.58. The molecule has 0 spiro atoms. The molecular weight excluding hydrogens is 286 g/mol. The molecule has 2 fully saturated rings. The maximum absolute atomic E-state index is 12.1. The largest absolute Gasteiger partial charge is 0.351 e. The van der Waals surface area contributed by atoms with Crippen molar-refractivity contribution in [3.8, 4) is 0 Å². The van der Waals surface area contributed by atoms with Gasteiger partial charge >= 0.3 is 0 Å². The average Bonchev–Trinajstić information content (AvgIpc) is 3.21. The average molecular weight is 307 g/mol. The summed E-state index contributed by atoms with van der Waals surface area (Å²) in [6, 6.07) is 4.43. The van der Waals surface area contributed by atoms with E-state index in [1.807, 2.05) is 16.3 Å². The van der Waals surface area contributed by atoms with Crippen LogP contribution in [0.2, 0.25) is 0 Å². The number of piperazine rings is 1. The zero-order chi connectivity index (χ0) is 14.7. The highest BCUT2D eigenvalue weighted by molar-refractivity contribution is 7.12. The first-order valence-electron chi connectivity index (χ1n) is 7.57. The quantitative estimate of drug-likeness (QED) is 0.888. The first-order valence-corrected chi connectivity index (χ1v) is 8.45. The number of nitrogens with zero attached hydrogens (tertiary/aromatic N) is 2. The van der Waals surface area contributed by atoms with E-state index in [1.54, 1.807) is 6.07 Å². The Balaban J connectivity index is 1.35. The van der Waals surface area contributed by atoms with Gasteiger partial charge in [-0.3, -0.25) is 14.5 Å². The molecule has 21 heavy (non-hydrogen) atoms. The Morgan fingerprint density at radius 2 is 2.00 bits per heavy atom. The van der Waals surface area contributed by atoms with Crippen molar-refractivity contribution in [3.63, 3.8) is 0 Å². The maximum atomic E-state index is 12.1. The molecule has 2 aliphatic rings. The van der Waals surface area contributed by atoms with Gasteiger partial charge in [0.1, 0.15) is 0 Å². The van der Waals surface area contributed by atoms with Crippen molar-refractivity contribution in [2.24, 2.45) is 0 Å². The van der Waals surface area contributed by atoms with Gasteiger partial charge < -0.3 is 10.2 Å². The van der Waals surface area contributed by atoms with E-state index >= 15 is 0 Å². The fourth-order valence-electron chi connectivity index (χ4n) is 2.71. The smallest absolute Gasteiger partial charge is 0.261 e. The molecule has 0 atom stereocenters. The molecule has 1 saturated carbocycles. The zero-order valence-electron chi connectivity index (χ0n) is 12.1. The molecule has 1 aromatic heterocycles. The van der Waals surface area contributed by atoms with Crippen molar-refractivity contribution in [1.82, 2.24) is 15.1 Å². The number of nitrogens with one attached hydrogen (secondary N) is 1. The molecule has 0 unspecified atom stereocenters. The van der Waals surface area contributed by atoms with Crippen LogP contribution < -0.4 is 5.32 Å². The summed E-state index contributed by atoms with van der Waals surface area (Å²) < 4.78 is 0. The fourth-order valence-corrected chi connectivity index (χ4v) is 3.35. The Morgan fingerprint density at radius 1 is 1.24 bits per heavy atom. The van der Waals surface area contributed by atoms with Gasteiger partial charge in [-0.05, 0) is 24.3 Å². The fraction of sp³-hybridized carbons (Fsp3) is 0.600. The van der Waals surface area contributed by atoms with Crippen LogP contribution in [-0.4, -0.2) is 60.4 Å². The number of carbonyl (C=O) groups excluding carboxylic acids is 2. The normalized spacial score (nSPS) is 19.5. The number of rotatable bonds is 5. The van der Waals surface area contributed by atoms with Crippen LogP contribution in [0, 0.1) is 0 Å². The SMILES string of the molecule is O=C(NCCC(=O)N1CCN(C2CC2)CC1)c1cccs1. The zero-order valence-corrected chi connectivity index (χ0v) is 12.9. The Labute approximate surface area is 128 Å². The second kappa shape index (κ2) is 6.58. The van der Waals surface area contributed by atoms with Gasteiger partial charge in [0.25, 0.3) is 5.91 Å². The van der Waals surface area contributed by atoms with Crippen LogP contribution in [0.5, 0.6) is 0 Å². The first kappa shape index (κ1) is 14.5. The molecule has 2 amide bonds. The van der Waals surface area contributed by atoms with Gasteiger partial charge in [0.2, 0.25) is 5.91 Å². The topological polar surface area (TPSA) is 52.7 Å². The highest BCUT2D eigenvalue weighted by atomic mass is 32.1. The van der Waals surface area contributed by atoms with Crippen molar-refractivity contribution < 1.29 is 9.59 Å². The van der Waals surface area contributed by atoms with E-state index in [0.717, 1.165) is 32.2 Å². The lowest BCUT2D eigenvalue weighted by molar-refractivity contribution is -0.132. The predicted molar refractivity (Wildman–Crippen MR) is 82.4 cm³/mol. The molecule has 0 aromatic carbocycles. The minimum Gasteiger partial charge on any atom is -0.351 e. The molecule has 1 N–H and O–H groups in total. The summed E-state index contributed by atoms with van der Waals surface area (Å²) in [4.78, 5) is 29.0. The van der Waals surface area contributed by atoms with Gasteiger partial charge in [-0.1, -0.05) is 6.07 Å². The van der Waals surface area contributed by atoms with Crippen LogP contribution >= 0.6 is 11.3 Å². The number of carbonyl (C=O) groups is 2. The highest BCUT2D eigenvalue weighted by Crippen LogP contribution is 2.27. The van der Waals surface area contributed by atoms with Gasteiger partial charge in [0.05, 0.1) is 4.88 Å². The minimum absolute atomic E-state index is 0.0867. The summed E-state index contributed by atoms with van der Waals surface area (Å²) in [7, 11) is 0. The van der Waals surface area contributed by atoms with E-state index in [2.05, 4.69) is 10.2 Å². The third-order valence-electron chi connectivity index (χ3n) is 4.10. The summed E-state index contributed by atoms with van der Waals surface area (Å²) in [5.74, 6) is 0.0632. The lowest BCUT2D eigenvalue weighted by Crippen LogP contribution is -2.49. The van der Waals surface area contributed by atoms with Gasteiger partial charge in [-0.15, -0.1) is 11.3 Å². The predicted octanol–water partition coefficient (Wildman–Crippen LogP) is 1.17. The van der Waals surface area contributed by atoms with E-state index < -0.39 is 0 Å². The molecule has 3 rings (SSSR count). The van der Waals surface area contributed by atoms with Crippen molar-refractivity contribution in [2.75, 3.05) is 32.7 Å². The summed E-state index contributed by atoms with van der Waals surface area (Å²) in [6.45, 7) is 4.07. The number of amides is 2. The third kappa shape index (κ3) is 3.83. The lowest BCUT2D eigenvalue weighted by atomic mass is 10.2. The Bertz CT molecular complexity index is 491. The minimum atomic E-state index is -0.0867. The molecule has 0 radical (unpaired) electrons. The molecule has 6 heteroatoms. The molecule has 1 aromatic rings. The molecule has 1 aliphatic carbocycles. The second-order valence-electron chi connectivity index (χ2n) is 5.63. The molecule has 1 aliphatic heterocycles.